The van der Waals surface area contributed by atoms with Gasteiger partial charge in [-0.05, 0) is 101 Å². The highest BCUT2D eigenvalue weighted by atomic mass is 32.1. The second-order valence-electron chi connectivity index (χ2n) is 11.8. The number of amides is 1. The Kier molecular flexibility index (Phi) is 16.9. The molecule has 6 rings (SSSR count). The Bertz CT molecular complexity index is 1770. The molecule has 0 radical (unpaired) electrons. The lowest BCUT2D eigenvalue weighted by Crippen LogP contribution is -2.41. The van der Waals surface area contributed by atoms with Crippen LogP contribution < -0.4 is 9.80 Å². The average Bonchev–Trinajstić information content (AvgIpc) is 3.73. The quantitative estimate of drug-likeness (QED) is 0.152. The van der Waals surface area contributed by atoms with Crippen molar-refractivity contribution in [3.05, 3.63) is 94.6 Å². The van der Waals surface area contributed by atoms with Crippen molar-refractivity contribution in [3.63, 3.8) is 0 Å². The summed E-state index contributed by atoms with van der Waals surface area (Å²) < 4.78 is 15.1. The van der Waals surface area contributed by atoms with E-state index in [4.69, 9.17) is 34.8 Å². The maximum atomic E-state index is 11.9. The number of anilines is 2. The van der Waals surface area contributed by atoms with Gasteiger partial charge >= 0.3 is 6.09 Å². The van der Waals surface area contributed by atoms with Gasteiger partial charge in [-0.2, -0.15) is 0 Å². The summed E-state index contributed by atoms with van der Waals surface area (Å²) in [7, 11) is 7.40. The fraction of sp³-hybridized carbons (Fsp3) is 0.429. The van der Waals surface area contributed by atoms with Gasteiger partial charge in [0, 0.05) is 36.3 Å². The summed E-state index contributed by atoms with van der Waals surface area (Å²) in [6, 6.07) is 19.7. The van der Waals surface area contributed by atoms with E-state index in [0.29, 0.717) is 16.8 Å². The molecule has 2 aromatic heterocycles. The molecule has 0 aliphatic carbocycles. The second kappa shape index (κ2) is 19.5. The molecule has 0 fully saturated rings. The Hall–Kier alpha value is -5.06. The number of nitrogens with zero attached hydrogens (tertiary/aromatic N) is 6. The third-order valence-corrected chi connectivity index (χ3v) is 8.61. The number of cyclic esters (lactones) is 1. The lowest BCUT2D eigenvalue weighted by atomic mass is 9.92. The van der Waals surface area contributed by atoms with E-state index in [-0.39, 0.29) is 6.09 Å². The summed E-state index contributed by atoms with van der Waals surface area (Å²) >= 11 is 5.29. The highest BCUT2D eigenvalue weighted by molar-refractivity contribution is 7.80. The predicted octanol–water partition coefficient (Wildman–Crippen LogP) is 12.4. The Morgan fingerprint density at radius 3 is 1.31 bits per heavy atom. The van der Waals surface area contributed by atoms with Gasteiger partial charge in [-0.1, -0.05) is 68.5 Å². The SMILES string of the molecule is CC.CC.CC.CC.[C-]#[N+]c1ccc(-c2ccc3c(c2)C(C)(C)OC(=O)N3C)n1C.[C-]#[N+]c1ccc(-c2ccc3c(c2)C(C)(C)OC(=S)N3C)n1C. The first-order chi connectivity index (χ1) is 24.7. The summed E-state index contributed by atoms with van der Waals surface area (Å²) in [6.45, 7) is 38.2. The maximum absolute atomic E-state index is 11.9. The minimum Gasteiger partial charge on any atom is -0.460 e. The molecule has 0 spiro atoms. The molecule has 4 heterocycles. The molecule has 0 bridgehead atoms. The number of carbonyl (C=O) groups excluding carboxylic acids is 1. The molecule has 52 heavy (non-hydrogen) atoms. The van der Waals surface area contributed by atoms with Crippen LogP contribution in [-0.4, -0.2) is 34.5 Å². The molecule has 2 aliphatic heterocycles. The smallest absolute Gasteiger partial charge is 0.414 e. The zero-order valence-electron chi connectivity index (χ0n) is 34.1. The van der Waals surface area contributed by atoms with E-state index >= 15 is 0 Å². The minimum atomic E-state index is -0.678. The third kappa shape index (κ3) is 9.23. The fourth-order valence-corrected chi connectivity index (χ4v) is 5.93. The van der Waals surface area contributed by atoms with Crippen LogP contribution >= 0.6 is 12.2 Å². The number of benzene rings is 2. The third-order valence-electron chi connectivity index (χ3n) is 8.26. The topological polar surface area (TPSA) is 60.6 Å². The Labute approximate surface area is 318 Å². The van der Waals surface area contributed by atoms with Crippen LogP contribution in [0.15, 0.2) is 60.7 Å². The van der Waals surface area contributed by atoms with Gasteiger partial charge in [0.05, 0.1) is 25.5 Å². The number of ether oxygens (including phenoxy) is 2. The normalized spacial score (nSPS) is 14.0. The van der Waals surface area contributed by atoms with E-state index in [1.165, 1.54) is 4.90 Å². The first-order valence-corrected chi connectivity index (χ1v) is 18.4. The molecule has 9 nitrogen and oxygen atoms in total. The molecule has 280 valence electrons. The number of hydrogen-bond donors (Lipinski definition) is 0. The number of rotatable bonds is 2. The summed E-state index contributed by atoms with van der Waals surface area (Å²) in [5.41, 5.74) is 6.85. The van der Waals surface area contributed by atoms with Crippen LogP contribution in [0.25, 0.3) is 32.2 Å². The summed E-state index contributed by atoms with van der Waals surface area (Å²) in [5, 5.41) is 0.486. The lowest BCUT2D eigenvalue weighted by Gasteiger charge is -2.39. The zero-order chi connectivity index (χ0) is 40.1. The minimum absolute atomic E-state index is 0.348. The molecule has 0 atom stereocenters. The van der Waals surface area contributed by atoms with E-state index in [1.54, 1.807) is 13.1 Å². The zero-order valence-corrected chi connectivity index (χ0v) is 34.9. The molecule has 0 N–H and O–H groups in total. The van der Waals surface area contributed by atoms with Crippen LogP contribution in [0, 0.1) is 13.1 Å². The highest BCUT2D eigenvalue weighted by Gasteiger charge is 2.37. The van der Waals surface area contributed by atoms with Crippen LogP contribution in [0.4, 0.5) is 27.8 Å². The fourth-order valence-electron chi connectivity index (χ4n) is 5.63. The maximum Gasteiger partial charge on any atom is 0.414 e. The van der Waals surface area contributed by atoms with Crippen LogP contribution in [0.2, 0.25) is 0 Å². The van der Waals surface area contributed by atoms with E-state index in [2.05, 4.69) is 27.9 Å². The Morgan fingerprint density at radius 1 is 0.577 bits per heavy atom. The molecule has 0 unspecified atom stereocenters. The van der Waals surface area contributed by atoms with Gasteiger partial charge in [-0.3, -0.25) is 14.0 Å². The predicted molar refractivity (Wildman–Crippen MR) is 223 cm³/mol. The molecule has 4 aromatic rings. The van der Waals surface area contributed by atoms with Crippen molar-refractivity contribution in [3.8, 4) is 22.5 Å². The summed E-state index contributed by atoms with van der Waals surface area (Å²) in [6.07, 6.45) is -0.348. The van der Waals surface area contributed by atoms with Gasteiger partial charge in [0.25, 0.3) is 5.17 Å². The van der Waals surface area contributed by atoms with E-state index in [1.807, 2.05) is 155 Å². The van der Waals surface area contributed by atoms with E-state index < -0.39 is 11.2 Å². The standard InChI is InChI=1S/C17H17N3O2.C17H17N3OS.4C2H6/c1-17(2)12-10-11(13-8-9-15(18-3)19(13)4)6-7-14(12)20(5)16(21)22-17;1-17(2)12-10-11(13-8-9-15(18-3)19(13)4)6-7-14(12)20(5)16(22)21-17;4*1-2/h2*6-10H,1-2,4-5H3;4*1-2H3. The van der Waals surface area contributed by atoms with Gasteiger partial charge in [0.2, 0.25) is 11.6 Å². The van der Waals surface area contributed by atoms with Gasteiger partial charge in [0.15, 0.2) is 0 Å². The summed E-state index contributed by atoms with van der Waals surface area (Å²) in [5.74, 6) is 1.22. The van der Waals surface area contributed by atoms with Crippen molar-refractivity contribution in [1.82, 2.24) is 9.13 Å². The number of carbonyl (C=O) groups is 1. The molecule has 0 saturated carbocycles. The molecular formula is C42H58N6O3S. The molecule has 2 aromatic carbocycles. The van der Waals surface area contributed by atoms with Crippen LogP contribution in [0.1, 0.15) is 94.2 Å². The van der Waals surface area contributed by atoms with Gasteiger partial charge in [-0.25, -0.2) is 4.79 Å². The largest absolute Gasteiger partial charge is 0.460 e. The van der Waals surface area contributed by atoms with Crippen molar-refractivity contribution < 1.29 is 14.3 Å². The lowest BCUT2D eigenvalue weighted by molar-refractivity contribution is 0.0362. The van der Waals surface area contributed by atoms with Crippen LogP contribution in [0.3, 0.4) is 0 Å². The number of aromatic nitrogens is 2. The first kappa shape index (κ1) is 45.0. The van der Waals surface area contributed by atoms with Gasteiger partial charge < -0.3 is 24.1 Å². The van der Waals surface area contributed by atoms with Crippen molar-refractivity contribution in [2.75, 3.05) is 23.9 Å². The Morgan fingerprint density at radius 2 is 0.942 bits per heavy atom. The number of hydrogen-bond acceptors (Lipinski definition) is 4. The van der Waals surface area contributed by atoms with Gasteiger partial charge in [-0.15, -0.1) is 0 Å². The van der Waals surface area contributed by atoms with E-state index in [0.717, 1.165) is 45.0 Å². The van der Waals surface area contributed by atoms with Crippen molar-refractivity contribution in [1.29, 1.82) is 0 Å². The Balaban J connectivity index is 0.000000437. The highest BCUT2D eigenvalue weighted by Crippen LogP contribution is 2.42. The van der Waals surface area contributed by atoms with Crippen molar-refractivity contribution in [2.24, 2.45) is 14.1 Å². The number of thiocarbonyl (C=S) groups is 1. The van der Waals surface area contributed by atoms with E-state index in [9.17, 15) is 4.79 Å². The average molecular weight is 727 g/mol. The van der Waals surface area contributed by atoms with Crippen LogP contribution in [0.5, 0.6) is 0 Å². The van der Waals surface area contributed by atoms with Gasteiger partial charge in [0.1, 0.15) is 22.6 Å². The molecule has 1 amide bonds. The molecule has 0 saturated heterocycles. The first-order valence-electron chi connectivity index (χ1n) is 18.0. The second-order valence-corrected chi connectivity index (χ2v) is 12.2. The summed E-state index contributed by atoms with van der Waals surface area (Å²) in [4.78, 5) is 22.3. The number of fused-ring (bicyclic) bond motifs is 2. The molecular weight excluding hydrogens is 669 g/mol. The molecule has 10 heteroatoms. The monoisotopic (exact) mass is 726 g/mol. The molecule has 2 aliphatic rings. The van der Waals surface area contributed by atoms with Crippen LogP contribution in [-0.2, 0) is 34.8 Å². The van der Waals surface area contributed by atoms with Crippen molar-refractivity contribution in [2.45, 2.75) is 94.3 Å². The van der Waals surface area contributed by atoms with Crippen molar-refractivity contribution >= 4 is 46.5 Å².